The number of aliphatic carboxylic acids is 1. The molecule has 0 radical (unpaired) electrons. The number of carboxylic acids is 1. The maximum absolute atomic E-state index is 11.2. The summed E-state index contributed by atoms with van der Waals surface area (Å²) in [6.45, 7) is -0.976. The van der Waals surface area contributed by atoms with Gasteiger partial charge in [0.15, 0.2) is 0 Å². The molecule has 0 rings (SSSR count). The fourth-order valence-electron chi connectivity index (χ4n) is 0.288. The Morgan fingerprint density at radius 1 is 1.67 bits per heavy atom. The lowest BCUT2D eigenvalue weighted by atomic mass is 10.6. The Balaban J connectivity index is 3.01. The second-order valence-corrected chi connectivity index (χ2v) is 1.42. The molecule has 3 nitrogen and oxygen atoms in total. The third kappa shape index (κ3) is 7.29. The smallest absolute Gasteiger partial charge is 0.317 e. The van der Waals surface area contributed by atoms with Crippen LogP contribution in [-0.2, 0) is 4.79 Å². The third-order valence-electron chi connectivity index (χ3n) is 0.575. The van der Waals surface area contributed by atoms with Crippen molar-refractivity contribution in [1.82, 2.24) is 5.32 Å². The Hall–Kier alpha value is -0.710. The zero-order valence-electron chi connectivity index (χ0n) is 4.60. The van der Waals surface area contributed by atoms with E-state index >= 15 is 0 Å². The van der Waals surface area contributed by atoms with Gasteiger partial charge in [0, 0.05) is 0 Å². The van der Waals surface area contributed by atoms with E-state index in [-0.39, 0.29) is 0 Å². The van der Waals surface area contributed by atoms with Crippen LogP contribution in [0.4, 0.5) is 8.78 Å². The molecule has 9 heavy (non-hydrogen) atoms. The minimum atomic E-state index is -2.48. The van der Waals surface area contributed by atoms with Crippen molar-refractivity contribution in [2.75, 3.05) is 13.1 Å². The molecule has 0 unspecified atom stereocenters. The van der Waals surface area contributed by atoms with Gasteiger partial charge in [0.25, 0.3) is 6.43 Å². The summed E-state index contributed by atoms with van der Waals surface area (Å²) in [5, 5.41) is 9.95. The molecular weight excluding hydrogens is 132 g/mol. The summed E-state index contributed by atoms with van der Waals surface area (Å²) in [6, 6.07) is 0. The van der Waals surface area contributed by atoms with Gasteiger partial charge in [0.1, 0.15) is 0 Å². The Morgan fingerprint density at radius 3 is 2.56 bits per heavy atom. The van der Waals surface area contributed by atoms with Crippen molar-refractivity contribution >= 4 is 5.97 Å². The first-order valence-electron chi connectivity index (χ1n) is 2.33. The Labute approximate surface area is 50.7 Å². The number of carboxylic acid groups (broad SMARTS) is 1. The van der Waals surface area contributed by atoms with Crippen LogP contribution in [0.2, 0.25) is 0 Å². The van der Waals surface area contributed by atoms with E-state index in [0.717, 1.165) is 0 Å². The molecule has 0 amide bonds. The Kier molecular flexibility index (Phi) is 3.87. The molecule has 5 heteroatoms. The van der Waals surface area contributed by atoms with Crippen molar-refractivity contribution in [3.63, 3.8) is 0 Å². The predicted molar refractivity (Wildman–Crippen MR) is 26.5 cm³/mol. The van der Waals surface area contributed by atoms with Crippen LogP contribution < -0.4 is 5.32 Å². The third-order valence-corrected chi connectivity index (χ3v) is 0.575. The lowest BCUT2D eigenvalue weighted by Crippen LogP contribution is -2.27. The number of nitrogens with one attached hydrogen (secondary N) is 1. The number of halogens is 2. The Morgan fingerprint density at radius 2 is 2.22 bits per heavy atom. The summed E-state index contributed by atoms with van der Waals surface area (Å²) in [5.41, 5.74) is 0. The summed E-state index contributed by atoms with van der Waals surface area (Å²) in [4.78, 5) is 9.67. The molecule has 0 fully saturated rings. The van der Waals surface area contributed by atoms with Gasteiger partial charge in [-0.3, -0.25) is 4.79 Å². The molecule has 54 valence electrons. The van der Waals surface area contributed by atoms with E-state index in [0.29, 0.717) is 0 Å². The van der Waals surface area contributed by atoms with Crippen LogP contribution in [0.25, 0.3) is 0 Å². The molecule has 0 spiro atoms. The highest BCUT2D eigenvalue weighted by Gasteiger charge is 2.01. The van der Waals surface area contributed by atoms with Crippen LogP contribution in [0, 0.1) is 0 Å². The average molecular weight is 139 g/mol. The van der Waals surface area contributed by atoms with Gasteiger partial charge in [-0.05, 0) is 0 Å². The second-order valence-electron chi connectivity index (χ2n) is 1.42. The van der Waals surface area contributed by atoms with E-state index < -0.39 is 25.5 Å². The normalized spacial score (nSPS) is 10.1. The van der Waals surface area contributed by atoms with E-state index in [1.807, 2.05) is 5.32 Å². The summed E-state index contributed by atoms with van der Waals surface area (Å²) < 4.78 is 22.5. The first kappa shape index (κ1) is 8.29. The van der Waals surface area contributed by atoms with E-state index in [2.05, 4.69) is 0 Å². The van der Waals surface area contributed by atoms with Crippen molar-refractivity contribution in [3.8, 4) is 0 Å². The van der Waals surface area contributed by atoms with Crippen LogP contribution in [0.3, 0.4) is 0 Å². The number of carbonyl (C=O) groups is 1. The van der Waals surface area contributed by atoms with Crippen molar-refractivity contribution in [1.29, 1.82) is 0 Å². The first-order chi connectivity index (χ1) is 4.13. The standard InChI is InChI=1S/C4H7F2NO2/c5-3(6)1-7-2-4(8)9/h3,7H,1-2H2,(H,8,9). The maximum Gasteiger partial charge on any atom is 0.317 e. The summed E-state index contributed by atoms with van der Waals surface area (Å²) in [7, 11) is 0. The van der Waals surface area contributed by atoms with Crippen LogP contribution in [0.1, 0.15) is 0 Å². The van der Waals surface area contributed by atoms with Gasteiger partial charge in [0.05, 0.1) is 13.1 Å². The SMILES string of the molecule is O=C(O)CNCC(F)F. The average Bonchev–Trinajstić information content (AvgIpc) is 1.63. The zero-order valence-corrected chi connectivity index (χ0v) is 4.60. The highest BCUT2D eigenvalue weighted by atomic mass is 19.3. The van der Waals surface area contributed by atoms with Crippen molar-refractivity contribution < 1.29 is 18.7 Å². The highest BCUT2D eigenvalue weighted by Crippen LogP contribution is 1.86. The number of alkyl halides is 2. The molecule has 0 aliphatic carbocycles. The first-order valence-corrected chi connectivity index (χ1v) is 2.33. The van der Waals surface area contributed by atoms with Gasteiger partial charge >= 0.3 is 5.97 Å². The lowest BCUT2D eigenvalue weighted by molar-refractivity contribution is -0.136. The fourth-order valence-corrected chi connectivity index (χ4v) is 0.288. The quantitative estimate of drug-likeness (QED) is 0.573. The molecule has 0 saturated carbocycles. The molecule has 0 aromatic heterocycles. The predicted octanol–water partition coefficient (Wildman–Crippen LogP) is -0.0743. The summed E-state index contributed by atoms with van der Waals surface area (Å²) >= 11 is 0. The monoisotopic (exact) mass is 139 g/mol. The maximum atomic E-state index is 11.2. The summed E-state index contributed by atoms with van der Waals surface area (Å²) in [5.74, 6) is -1.13. The van der Waals surface area contributed by atoms with Crippen LogP contribution in [0.5, 0.6) is 0 Å². The van der Waals surface area contributed by atoms with Gasteiger partial charge in [-0.25, -0.2) is 8.78 Å². The van der Waals surface area contributed by atoms with Gasteiger partial charge < -0.3 is 10.4 Å². The molecule has 0 aromatic carbocycles. The van der Waals surface area contributed by atoms with Gasteiger partial charge in [0.2, 0.25) is 0 Å². The second kappa shape index (κ2) is 4.20. The molecule has 0 saturated heterocycles. The molecule has 0 aromatic rings. The van der Waals surface area contributed by atoms with Gasteiger partial charge in [-0.2, -0.15) is 0 Å². The molecule has 0 aliphatic rings. The van der Waals surface area contributed by atoms with Crippen LogP contribution >= 0.6 is 0 Å². The molecule has 0 atom stereocenters. The van der Waals surface area contributed by atoms with E-state index in [4.69, 9.17) is 5.11 Å². The minimum Gasteiger partial charge on any atom is -0.480 e. The van der Waals surface area contributed by atoms with Crippen molar-refractivity contribution in [3.05, 3.63) is 0 Å². The largest absolute Gasteiger partial charge is 0.480 e. The molecule has 0 bridgehead atoms. The fraction of sp³-hybridized carbons (Fsp3) is 0.750. The summed E-state index contributed by atoms with van der Waals surface area (Å²) in [6.07, 6.45) is -2.48. The Bertz CT molecular complexity index is 96.6. The lowest BCUT2D eigenvalue weighted by Gasteiger charge is -1.97. The van der Waals surface area contributed by atoms with E-state index in [1.165, 1.54) is 0 Å². The number of rotatable bonds is 4. The van der Waals surface area contributed by atoms with Gasteiger partial charge in [-0.15, -0.1) is 0 Å². The molecule has 0 heterocycles. The zero-order chi connectivity index (χ0) is 7.28. The van der Waals surface area contributed by atoms with E-state index in [1.54, 1.807) is 0 Å². The van der Waals surface area contributed by atoms with E-state index in [9.17, 15) is 13.6 Å². The number of hydrogen-bond acceptors (Lipinski definition) is 2. The molecular formula is C4H7F2NO2. The number of hydrogen-bond donors (Lipinski definition) is 2. The molecule has 0 aliphatic heterocycles. The van der Waals surface area contributed by atoms with Crippen molar-refractivity contribution in [2.45, 2.75) is 6.43 Å². The topological polar surface area (TPSA) is 49.3 Å². The minimum absolute atomic E-state index is 0.412. The molecule has 2 N–H and O–H groups in total. The van der Waals surface area contributed by atoms with Crippen LogP contribution in [0.15, 0.2) is 0 Å². The van der Waals surface area contributed by atoms with Crippen molar-refractivity contribution in [2.24, 2.45) is 0 Å². The van der Waals surface area contributed by atoms with Gasteiger partial charge in [-0.1, -0.05) is 0 Å². The van der Waals surface area contributed by atoms with Crippen LogP contribution in [-0.4, -0.2) is 30.6 Å². The highest BCUT2D eigenvalue weighted by molar-refractivity contribution is 5.68.